The van der Waals surface area contributed by atoms with Crippen LogP contribution in [0, 0.1) is 5.92 Å². The first-order valence-corrected chi connectivity index (χ1v) is 7.73. The number of alkyl carbamates (subject to hydrolysis) is 1. The van der Waals surface area contributed by atoms with Gasteiger partial charge in [0.05, 0.1) is 12.9 Å². The lowest BCUT2D eigenvalue weighted by Gasteiger charge is -2.20. The van der Waals surface area contributed by atoms with Crippen molar-refractivity contribution in [2.75, 3.05) is 13.2 Å². The summed E-state index contributed by atoms with van der Waals surface area (Å²) >= 11 is 0. The number of hydrogen-bond acceptors (Lipinski definition) is 4. The summed E-state index contributed by atoms with van der Waals surface area (Å²) < 4.78 is 10.1. The molecule has 0 fully saturated rings. The van der Waals surface area contributed by atoms with Crippen LogP contribution in [0.1, 0.15) is 39.4 Å². The summed E-state index contributed by atoms with van der Waals surface area (Å²) in [6.45, 7) is 6.62. The second-order valence-corrected chi connectivity index (χ2v) is 5.57. The molecule has 1 rings (SSSR count). The van der Waals surface area contributed by atoms with Crippen LogP contribution in [0.5, 0.6) is 0 Å². The molecule has 0 saturated carbocycles. The van der Waals surface area contributed by atoms with Crippen molar-refractivity contribution in [1.82, 2.24) is 10.6 Å². The van der Waals surface area contributed by atoms with Gasteiger partial charge in [-0.2, -0.15) is 0 Å². The van der Waals surface area contributed by atoms with Gasteiger partial charge in [0, 0.05) is 25.4 Å². The van der Waals surface area contributed by atoms with Crippen LogP contribution in [0.15, 0.2) is 22.8 Å². The Labute approximate surface area is 131 Å². The van der Waals surface area contributed by atoms with E-state index in [9.17, 15) is 9.59 Å². The van der Waals surface area contributed by atoms with Crippen LogP contribution in [0.2, 0.25) is 0 Å². The molecule has 1 atom stereocenters. The molecule has 0 bridgehead atoms. The predicted octanol–water partition coefficient (Wildman–Crippen LogP) is 2.49. The standard InChI is InChI=1S/C16H26N2O4/c1-4-21-16(20)18-13(10-12(2)3)11-17-15(19)8-7-14-6-5-9-22-14/h5-6,9,12-13H,4,7-8,10-11H2,1-3H3,(H,17,19)(H,18,20)/t13-/m1/s1. The fraction of sp³-hybridized carbons (Fsp3) is 0.625. The van der Waals surface area contributed by atoms with E-state index in [2.05, 4.69) is 24.5 Å². The molecule has 22 heavy (non-hydrogen) atoms. The van der Waals surface area contributed by atoms with E-state index in [0.29, 0.717) is 31.9 Å². The lowest BCUT2D eigenvalue weighted by Crippen LogP contribution is -2.44. The first kappa shape index (κ1) is 18.1. The van der Waals surface area contributed by atoms with Gasteiger partial charge in [-0.1, -0.05) is 13.8 Å². The molecular weight excluding hydrogens is 284 g/mol. The van der Waals surface area contributed by atoms with Crippen molar-refractivity contribution < 1.29 is 18.7 Å². The molecule has 1 aromatic rings. The smallest absolute Gasteiger partial charge is 0.407 e. The monoisotopic (exact) mass is 310 g/mol. The minimum atomic E-state index is -0.446. The molecular formula is C16H26N2O4. The van der Waals surface area contributed by atoms with E-state index in [1.807, 2.05) is 6.07 Å². The molecule has 2 amide bonds. The van der Waals surface area contributed by atoms with Crippen LogP contribution in [0.25, 0.3) is 0 Å². The molecule has 0 aliphatic carbocycles. The average molecular weight is 310 g/mol. The Morgan fingerprint density at radius 2 is 2.14 bits per heavy atom. The van der Waals surface area contributed by atoms with E-state index in [4.69, 9.17) is 9.15 Å². The minimum Gasteiger partial charge on any atom is -0.469 e. The van der Waals surface area contributed by atoms with Gasteiger partial charge in [0.15, 0.2) is 0 Å². The van der Waals surface area contributed by atoms with Crippen molar-refractivity contribution in [2.45, 2.75) is 46.1 Å². The Morgan fingerprint density at radius 1 is 1.36 bits per heavy atom. The van der Waals surface area contributed by atoms with E-state index < -0.39 is 6.09 Å². The number of nitrogens with one attached hydrogen (secondary N) is 2. The second-order valence-electron chi connectivity index (χ2n) is 5.57. The highest BCUT2D eigenvalue weighted by atomic mass is 16.5. The maximum Gasteiger partial charge on any atom is 0.407 e. The first-order valence-electron chi connectivity index (χ1n) is 7.73. The molecule has 2 N–H and O–H groups in total. The van der Waals surface area contributed by atoms with E-state index in [0.717, 1.165) is 12.2 Å². The number of amides is 2. The van der Waals surface area contributed by atoms with Crippen LogP contribution in [0.4, 0.5) is 4.79 Å². The average Bonchev–Trinajstić information content (AvgIpc) is 2.95. The zero-order valence-electron chi connectivity index (χ0n) is 13.6. The summed E-state index contributed by atoms with van der Waals surface area (Å²) in [7, 11) is 0. The molecule has 0 unspecified atom stereocenters. The molecule has 6 nitrogen and oxygen atoms in total. The number of hydrogen-bond donors (Lipinski definition) is 2. The molecule has 1 aromatic heterocycles. The maximum atomic E-state index is 11.8. The van der Waals surface area contributed by atoms with Gasteiger partial charge in [-0.25, -0.2) is 4.79 Å². The van der Waals surface area contributed by atoms with Gasteiger partial charge in [0.25, 0.3) is 0 Å². The van der Waals surface area contributed by atoms with Gasteiger partial charge in [-0.15, -0.1) is 0 Å². The van der Waals surface area contributed by atoms with Crippen molar-refractivity contribution in [3.63, 3.8) is 0 Å². The normalized spacial score (nSPS) is 12.0. The topological polar surface area (TPSA) is 80.6 Å². The van der Waals surface area contributed by atoms with Crippen molar-refractivity contribution in [3.05, 3.63) is 24.2 Å². The molecule has 0 aliphatic rings. The predicted molar refractivity (Wildman–Crippen MR) is 83.4 cm³/mol. The van der Waals surface area contributed by atoms with Crippen LogP contribution >= 0.6 is 0 Å². The van der Waals surface area contributed by atoms with Crippen LogP contribution in [0.3, 0.4) is 0 Å². The third-order valence-electron chi connectivity index (χ3n) is 3.08. The summed E-state index contributed by atoms with van der Waals surface area (Å²) in [4.78, 5) is 23.3. The fourth-order valence-corrected chi connectivity index (χ4v) is 2.12. The Balaban J connectivity index is 2.34. The van der Waals surface area contributed by atoms with Crippen molar-refractivity contribution in [1.29, 1.82) is 0 Å². The third-order valence-corrected chi connectivity index (χ3v) is 3.08. The summed E-state index contributed by atoms with van der Waals surface area (Å²) in [5.74, 6) is 1.14. The Kier molecular flexibility index (Phi) is 8.10. The Hall–Kier alpha value is -1.98. The minimum absolute atomic E-state index is 0.0594. The van der Waals surface area contributed by atoms with Gasteiger partial charge in [0.2, 0.25) is 5.91 Å². The molecule has 0 aliphatic heterocycles. The highest BCUT2D eigenvalue weighted by Gasteiger charge is 2.15. The van der Waals surface area contributed by atoms with Crippen molar-refractivity contribution in [2.24, 2.45) is 5.92 Å². The van der Waals surface area contributed by atoms with Crippen LogP contribution in [-0.4, -0.2) is 31.2 Å². The summed E-state index contributed by atoms with van der Waals surface area (Å²) in [6, 6.07) is 3.51. The number of furan rings is 1. The van der Waals surface area contributed by atoms with Gasteiger partial charge >= 0.3 is 6.09 Å². The molecule has 1 heterocycles. The molecule has 0 aromatic carbocycles. The number of rotatable bonds is 9. The van der Waals surface area contributed by atoms with Gasteiger partial charge in [-0.05, 0) is 31.4 Å². The van der Waals surface area contributed by atoms with Crippen LogP contribution < -0.4 is 10.6 Å². The molecule has 0 saturated heterocycles. The Morgan fingerprint density at radius 3 is 2.73 bits per heavy atom. The number of ether oxygens (including phenoxy) is 1. The summed E-state index contributed by atoms with van der Waals surface area (Å²) in [5, 5.41) is 5.63. The van der Waals surface area contributed by atoms with E-state index in [1.165, 1.54) is 0 Å². The molecule has 124 valence electrons. The van der Waals surface area contributed by atoms with Crippen molar-refractivity contribution >= 4 is 12.0 Å². The quantitative estimate of drug-likeness (QED) is 0.734. The Bertz CT molecular complexity index is 443. The summed E-state index contributed by atoms with van der Waals surface area (Å²) in [6.07, 6.45) is 2.85. The lowest BCUT2D eigenvalue weighted by atomic mass is 10.0. The van der Waals surface area contributed by atoms with E-state index in [1.54, 1.807) is 19.3 Å². The second kappa shape index (κ2) is 9.87. The van der Waals surface area contributed by atoms with E-state index >= 15 is 0 Å². The van der Waals surface area contributed by atoms with E-state index in [-0.39, 0.29) is 11.9 Å². The highest BCUT2D eigenvalue weighted by molar-refractivity contribution is 5.76. The molecule has 0 radical (unpaired) electrons. The third kappa shape index (κ3) is 7.71. The van der Waals surface area contributed by atoms with Crippen LogP contribution in [-0.2, 0) is 16.0 Å². The largest absolute Gasteiger partial charge is 0.469 e. The number of carbonyl (C=O) groups excluding carboxylic acids is 2. The molecule has 0 spiro atoms. The van der Waals surface area contributed by atoms with Crippen molar-refractivity contribution in [3.8, 4) is 0 Å². The zero-order valence-corrected chi connectivity index (χ0v) is 13.6. The summed E-state index contributed by atoms with van der Waals surface area (Å²) in [5.41, 5.74) is 0. The number of aryl methyl sites for hydroxylation is 1. The van der Waals surface area contributed by atoms with Gasteiger partial charge < -0.3 is 19.8 Å². The molecule has 6 heteroatoms. The number of carbonyl (C=O) groups is 2. The first-order chi connectivity index (χ1) is 10.5. The van der Waals surface area contributed by atoms with Gasteiger partial charge in [-0.3, -0.25) is 4.79 Å². The maximum absolute atomic E-state index is 11.8. The fourth-order valence-electron chi connectivity index (χ4n) is 2.12. The highest BCUT2D eigenvalue weighted by Crippen LogP contribution is 2.06. The lowest BCUT2D eigenvalue weighted by molar-refractivity contribution is -0.121. The van der Waals surface area contributed by atoms with Gasteiger partial charge in [0.1, 0.15) is 5.76 Å². The zero-order chi connectivity index (χ0) is 16.4. The SMILES string of the molecule is CCOC(=O)N[C@@H](CNC(=O)CCc1ccco1)CC(C)C.